The van der Waals surface area contributed by atoms with Crippen LogP contribution in [0.1, 0.15) is 5.56 Å². The van der Waals surface area contributed by atoms with Crippen molar-refractivity contribution in [1.82, 2.24) is 4.98 Å². The maximum atomic E-state index is 14.0. The second-order valence-electron chi connectivity index (χ2n) is 4.38. The molecule has 0 spiro atoms. The highest BCUT2D eigenvalue weighted by molar-refractivity contribution is 5.87. The van der Waals surface area contributed by atoms with Gasteiger partial charge in [0.05, 0.1) is 16.8 Å². The highest BCUT2D eigenvalue weighted by atomic mass is 19.4. The van der Waals surface area contributed by atoms with Crippen LogP contribution in [0.15, 0.2) is 40.8 Å². The Morgan fingerprint density at radius 1 is 1.05 bits per heavy atom. The van der Waals surface area contributed by atoms with Crippen LogP contribution >= 0.6 is 0 Å². The van der Waals surface area contributed by atoms with E-state index in [2.05, 4.69) is 4.98 Å². The van der Waals surface area contributed by atoms with Gasteiger partial charge in [-0.25, -0.2) is 9.37 Å². The average Bonchev–Trinajstić information content (AvgIpc) is 2.83. The number of aromatic nitrogens is 1. The number of oxazole rings is 1. The fraction of sp³-hybridized carbons (Fsp3) is 0.0714. The molecule has 0 aliphatic heterocycles. The van der Waals surface area contributed by atoms with Crippen LogP contribution in [0.3, 0.4) is 0 Å². The second-order valence-corrected chi connectivity index (χ2v) is 4.38. The number of para-hydroxylation sites is 1. The second kappa shape index (κ2) is 4.47. The Bertz CT molecular complexity index is 823. The van der Waals surface area contributed by atoms with Gasteiger partial charge < -0.3 is 10.2 Å². The number of alkyl halides is 3. The number of nitrogens with zero attached hydrogens (tertiary/aromatic N) is 1. The van der Waals surface area contributed by atoms with Crippen molar-refractivity contribution in [1.29, 1.82) is 0 Å². The molecule has 0 aliphatic carbocycles. The van der Waals surface area contributed by atoms with Crippen molar-refractivity contribution < 1.29 is 22.0 Å². The maximum Gasteiger partial charge on any atom is 0.419 e. The third-order valence-electron chi connectivity index (χ3n) is 2.98. The van der Waals surface area contributed by atoms with E-state index in [1.807, 2.05) is 0 Å². The molecule has 0 amide bonds. The van der Waals surface area contributed by atoms with Crippen LogP contribution in [-0.2, 0) is 6.18 Å². The Labute approximate surface area is 116 Å². The number of halogens is 4. The zero-order valence-corrected chi connectivity index (χ0v) is 10.4. The summed E-state index contributed by atoms with van der Waals surface area (Å²) in [5, 5.41) is 0. The molecule has 0 aliphatic rings. The predicted molar refractivity (Wildman–Crippen MR) is 68.8 cm³/mol. The van der Waals surface area contributed by atoms with E-state index < -0.39 is 17.6 Å². The molecule has 0 saturated carbocycles. The first-order valence-electron chi connectivity index (χ1n) is 5.89. The van der Waals surface area contributed by atoms with Gasteiger partial charge in [-0.05, 0) is 24.3 Å². The van der Waals surface area contributed by atoms with Crippen molar-refractivity contribution in [3.63, 3.8) is 0 Å². The third kappa shape index (κ3) is 2.20. The summed E-state index contributed by atoms with van der Waals surface area (Å²) in [6, 6.07) is 7.65. The fourth-order valence-electron chi connectivity index (χ4n) is 2.00. The zero-order chi connectivity index (χ0) is 15.2. The highest BCUT2D eigenvalue weighted by Crippen LogP contribution is 2.36. The van der Waals surface area contributed by atoms with Gasteiger partial charge in [0.15, 0.2) is 5.58 Å². The van der Waals surface area contributed by atoms with Gasteiger partial charge in [0, 0.05) is 0 Å². The summed E-state index contributed by atoms with van der Waals surface area (Å²) in [4.78, 5) is 3.97. The van der Waals surface area contributed by atoms with Crippen molar-refractivity contribution in [2.75, 3.05) is 5.73 Å². The molecular weight excluding hydrogens is 288 g/mol. The zero-order valence-electron chi connectivity index (χ0n) is 10.4. The molecule has 2 aromatic carbocycles. The lowest BCUT2D eigenvalue weighted by Crippen LogP contribution is -2.08. The lowest BCUT2D eigenvalue weighted by Gasteiger charge is -2.09. The van der Waals surface area contributed by atoms with Crippen molar-refractivity contribution in [2.45, 2.75) is 6.18 Å². The molecule has 7 heteroatoms. The van der Waals surface area contributed by atoms with E-state index in [0.717, 1.165) is 6.07 Å². The lowest BCUT2D eigenvalue weighted by molar-refractivity contribution is -0.139. The summed E-state index contributed by atoms with van der Waals surface area (Å²) in [6.45, 7) is 0. The minimum Gasteiger partial charge on any atom is -0.436 e. The molecule has 2 N–H and O–H groups in total. The van der Waals surface area contributed by atoms with E-state index in [9.17, 15) is 17.6 Å². The van der Waals surface area contributed by atoms with E-state index >= 15 is 0 Å². The molecule has 21 heavy (non-hydrogen) atoms. The van der Waals surface area contributed by atoms with E-state index in [-0.39, 0.29) is 22.6 Å². The van der Waals surface area contributed by atoms with Crippen LogP contribution in [0.2, 0.25) is 0 Å². The number of benzene rings is 2. The van der Waals surface area contributed by atoms with E-state index in [1.165, 1.54) is 6.07 Å². The lowest BCUT2D eigenvalue weighted by atomic mass is 10.1. The molecule has 0 saturated heterocycles. The van der Waals surface area contributed by atoms with Gasteiger partial charge in [-0.15, -0.1) is 0 Å². The quantitative estimate of drug-likeness (QED) is 0.540. The molecule has 0 unspecified atom stereocenters. The van der Waals surface area contributed by atoms with Crippen LogP contribution in [0.5, 0.6) is 0 Å². The summed E-state index contributed by atoms with van der Waals surface area (Å²) in [7, 11) is 0. The highest BCUT2D eigenvalue weighted by Gasteiger charge is 2.35. The number of anilines is 1. The van der Waals surface area contributed by atoms with Crippen LogP contribution in [0.4, 0.5) is 23.2 Å². The first kappa shape index (κ1) is 13.4. The Kier molecular flexibility index (Phi) is 2.86. The minimum atomic E-state index is -4.79. The van der Waals surface area contributed by atoms with E-state index in [1.54, 1.807) is 18.2 Å². The molecule has 0 radical (unpaired) electrons. The van der Waals surface area contributed by atoms with Gasteiger partial charge in [0.2, 0.25) is 5.89 Å². The molecule has 1 heterocycles. The minimum absolute atomic E-state index is 0.244. The summed E-state index contributed by atoms with van der Waals surface area (Å²) in [5.74, 6) is -1.67. The van der Waals surface area contributed by atoms with Crippen molar-refractivity contribution in [2.24, 2.45) is 0 Å². The Hall–Kier alpha value is -2.57. The fourth-order valence-corrected chi connectivity index (χ4v) is 2.00. The van der Waals surface area contributed by atoms with Crippen LogP contribution in [-0.4, -0.2) is 4.98 Å². The maximum absolute atomic E-state index is 14.0. The summed E-state index contributed by atoms with van der Waals surface area (Å²) in [6.07, 6.45) is -4.79. The molecular formula is C14H8F4N2O. The number of hydrogen-bond acceptors (Lipinski definition) is 3. The van der Waals surface area contributed by atoms with Crippen LogP contribution in [0.25, 0.3) is 22.6 Å². The molecule has 108 valence electrons. The topological polar surface area (TPSA) is 52.0 Å². The molecule has 3 nitrogen and oxygen atoms in total. The van der Waals surface area contributed by atoms with Gasteiger partial charge in [-0.3, -0.25) is 0 Å². The van der Waals surface area contributed by atoms with Gasteiger partial charge in [0.25, 0.3) is 0 Å². The first-order valence-corrected chi connectivity index (χ1v) is 5.89. The predicted octanol–water partition coefficient (Wildman–Crippen LogP) is 4.23. The van der Waals surface area contributed by atoms with Gasteiger partial charge >= 0.3 is 6.18 Å². The van der Waals surface area contributed by atoms with Crippen molar-refractivity contribution in [3.8, 4) is 11.5 Å². The number of rotatable bonds is 1. The standard InChI is InChI=1S/C14H8F4N2O/c15-11-7(3-1-4-8(11)14(16,17)18)13-20-12-9(19)5-2-6-10(12)21-13/h1-6H,19H2. The summed E-state index contributed by atoms with van der Waals surface area (Å²) < 4.78 is 57.4. The smallest absolute Gasteiger partial charge is 0.419 e. The Balaban J connectivity index is 2.22. The van der Waals surface area contributed by atoms with Crippen LogP contribution < -0.4 is 5.73 Å². The largest absolute Gasteiger partial charge is 0.436 e. The molecule has 3 rings (SSSR count). The number of nitrogen functional groups attached to an aromatic ring is 1. The third-order valence-corrected chi connectivity index (χ3v) is 2.98. The molecule has 0 atom stereocenters. The van der Waals surface area contributed by atoms with Crippen molar-refractivity contribution >= 4 is 16.8 Å². The first-order chi connectivity index (χ1) is 9.88. The molecule has 0 fully saturated rings. The Morgan fingerprint density at radius 2 is 1.76 bits per heavy atom. The SMILES string of the molecule is Nc1cccc2oc(-c3cccc(C(F)(F)F)c3F)nc12. The molecule has 0 bridgehead atoms. The summed E-state index contributed by atoms with van der Waals surface area (Å²) >= 11 is 0. The van der Waals surface area contributed by atoms with Gasteiger partial charge in [0.1, 0.15) is 11.3 Å². The van der Waals surface area contributed by atoms with Crippen molar-refractivity contribution in [3.05, 3.63) is 47.8 Å². The van der Waals surface area contributed by atoms with E-state index in [0.29, 0.717) is 11.8 Å². The van der Waals surface area contributed by atoms with Gasteiger partial charge in [-0.1, -0.05) is 12.1 Å². The number of fused-ring (bicyclic) bond motifs is 1. The number of nitrogens with two attached hydrogens (primary N) is 1. The number of hydrogen-bond donors (Lipinski definition) is 1. The monoisotopic (exact) mass is 296 g/mol. The normalized spacial score (nSPS) is 12.0. The molecule has 3 aromatic rings. The van der Waals surface area contributed by atoms with E-state index in [4.69, 9.17) is 10.2 Å². The average molecular weight is 296 g/mol. The van der Waals surface area contributed by atoms with Crippen LogP contribution in [0, 0.1) is 5.82 Å². The Morgan fingerprint density at radius 3 is 2.43 bits per heavy atom. The summed E-state index contributed by atoms with van der Waals surface area (Å²) in [5.41, 5.74) is 4.82. The van der Waals surface area contributed by atoms with Gasteiger partial charge in [-0.2, -0.15) is 13.2 Å². The molecule has 1 aromatic heterocycles.